The van der Waals surface area contributed by atoms with Gasteiger partial charge in [-0.05, 0) is 19.4 Å². The van der Waals surface area contributed by atoms with Crippen LogP contribution in [0.2, 0.25) is 0 Å². The summed E-state index contributed by atoms with van der Waals surface area (Å²) in [7, 11) is 1.64. The molecular weight excluding hydrogens is 278 g/mol. The summed E-state index contributed by atoms with van der Waals surface area (Å²) in [5.41, 5.74) is 7.94. The lowest BCUT2D eigenvalue weighted by Crippen LogP contribution is -2.05. The molecule has 2 aromatic heterocycles. The minimum atomic E-state index is 0.483. The van der Waals surface area contributed by atoms with Crippen molar-refractivity contribution in [2.75, 3.05) is 32.7 Å². The molecule has 2 heterocycles. The Morgan fingerprint density at radius 2 is 2.05 bits per heavy atom. The first-order valence-corrected chi connectivity index (χ1v) is 7.20. The zero-order valence-electron chi connectivity index (χ0n) is 11.9. The number of nitrogens with zero attached hydrogens (tertiary/aromatic N) is 2. The van der Waals surface area contributed by atoms with E-state index in [1.165, 1.54) is 16.2 Å². The molecule has 6 nitrogen and oxygen atoms in total. The first kappa shape index (κ1) is 15.0. The highest BCUT2D eigenvalue weighted by Gasteiger charge is 2.18. The second-order valence-corrected chi connectivity index (χ2v) is 5.65. The Hall–Kier alpha value is -1.44. The molecule has 2 aromatic rings. The van der Waals surface area contributed by atoms with Crippen molar-refractivity contribution in [3.63, 3.8) is 0 Å². The van der Waals surface area contributed by atoms with E-state index in [-0.39, 0.29) is 0 Å². The quantitative estimate of drug-likeness (QED) is 0.789. The first-order chi connectivity index (χ1) is 9.63. The Labute approximate surface area is 121 Å². The number of aryl methyl sites for hydroxylation is 1. The number of aromatic nitrogens is 2. The second-order valence-electron chi connectivity index (χ2n) is 4.39. The third kappa shape index (κ3) is 3.36. The van der Waals surface area contributed by atoms with Crippen molar-refractivity contribution in [3.05, 3.63) is 16.3 Å². The lowest BCUT2D eigenvalue weighted by Gasteiger charge is -2.00. The molecule has 0 aliphatic heterocycles. The number of thiophene rings is 1. The fourth-order valence-corrected chi connectivity index (χ4v) is 2.71. The second kappa shape index (κ2) is 6.83. The number of methoxy groups -OCH3 is 1. The molecule has 2 rings (SSSR count). The molecule has 0 aromatic carbocycles. The van der Waals surface area contributed by atoms with Gasteiger partial charge in [-0.1, -0.05) is 5.16 Å². The molecule has 0 amide bonds. The highest BCUT2D eigenvalue weighted by Crippen LogP contribution is 2.36. The van der Waals surface area contributed by atoms with Gasteiger partial charge in [-0.3, -0.25) is 0 Å². The Balaban J connectivity index is 1.98. The normalized spacial score (nSPS) is 11.2. The summed E-state index contributed by atoms with van der Waals surface area (Å²) in [5.74, 6) is 1.11. The Morgan fingerprint density at radius 3 is 2.70 bits per heavy atom. The molecule has 0 aliphatic rings. The SMILES string of the molecule is COCCOCCc1noc(-c2c(N)sc(C)c2C)n1. The summed E-state index contributed by atoms with van der Waals surface area (Å²) in [6.45, 7) is 5.73. The number of anilines is 1. The molecule has 0 spiro atoms. The molecule has 0 aliphatic carbocycles. The van der Waals surface area contributed by atoms with Crippen LogP contribution in [0.4, 0.5) is 5.00 Å². The van der Waals surface area contributed by atoms with Crippen LogP contribution in [-0.2, 0) is 15.9 Å². The van der Waals surface area contributed by atoms with Gasteiger partial charge in [0.25, 0.3) is 5.89 Å². The summed E-state index contributed by atoms with van der Waals surface area (Å²) in [5, 5.41) is 4.67. The first-order valence-electron chi connectivity index (χ1n) is 6.38. The molecule has 7 heteroatoms. The van der Waals surface area contributed by atoms with Crippen molar-refractivity contribution in [2.24, 2.45) is 0 Å². The van der Waals surface area contributed by atoms with Gasteiger partial charge in [-0.25, -0.2) is 0 Å². The summed E-state index contributed by atoms with van der Waals surface area (Å²) in [6, 6.07) is 0. The van der Waals surface area contributed by atoms with E-state index in [2.05, 4.69) is 10.1 Å². The maximum absolute atomic E-state index is 5.99. The largest absolute Gasteiger partial charge is 0.390 e. The maximum atomic E-state index is 5.99. The Kier molecular flexibility index (Phi) is 5.11. The van der Waals surface area contributed by atoms with E-state index < -0.39 is 0 Å². The molecule has 0 unspecified atom stereocenters. The van der Waals surface area contributed by atoms with Crippen LogP contribution < -0.4 is 5.73 Å². The van der Waals surface area contributed by atoms with Gasteiger partial charge in [-0.15, -0.1) is 11.3 Å². The highest BCUT2D eigenvalue weighted by molar-refractivity contribution is 7.16. The lowest BCUT2D eigenvalue weighted by atomic mass is 10.1. The van der Waals surface area contributed by atoms with Crippen LogP contribution in [0, 0.1) is 13.8 Å². The number of rotatable bonds is 7. The number of hydrogen-bond acceptors (Lipinski definition) is 7. The number of hydrogen-bond donors (Lipinski definition) is 1. The molecule has 20 heavy (non-hydrogen) atoms. The predicted octanol–water partition coefficient (Wildman–Crippen LogP) is 2.20. The van der Waals surface area contributed by atoms with E-state index in [1.54, 1.807) is 7.11 Å². The number of nitrogens with two attached hydrogens (primary N) is 1. The van der Waals surface area contributed by atoms with Crippen LogP contribution in [0.1, 0.15) is 16.3 Å². The highest BCUT2D eigenvalue weighted by atomic mass is 32.1. The van der Waals surface area contributed by atoms with E-state index in [4.69, 9.17) is 19.7 Å². The van der Waals surface area contributed by atoms with E-state index in [0.717, 1.165) is 11.1 Å². The van der Waals surface area contributed by atoms with Crippen molar-refractivity contribution in [3.8, 4) is 11.5 Å². The van der Waals surface area contributed by atoms with Gasteiger partial charge < -0.3 is 19.7 Å². The van der Waals surface area contributed by atoms with E-state index in [9.17, 15) is 0 Å². The molecule has 0 saturated carbocycles. The average Bonchev–Trinajstić information content (AvgIpc) is 2.95. The minimum absolute atomic E-state index is 0.483. The average molecular weight is 297 g/mol. The smallest absolute Gasteiger partial charge is 0.261 e. The molecule has 0 bridgehead atoms. The van der Waals surface area contributed by atoms with E-state index in [0.29, 0.717) is 43.0 Å². The topological polar surface area (TPSA) is 83.4 Å². The van der Waals surface area contributed by atoms with E-state index in [1.807, 2.05) is 13.8 Å². The van der Waals surface area contributed by atoms with Gasteiger partial charge in [0.05, 0.1) is 30.4 Å². The van der Waals surface area contributed by atoms with Crippen LogP contribution >= 0.6 is 11.3 Å². The summed E-state index contributed by atoms with van der Waals surface area (Å²) in [6.07, 6.45) is 0.606. The molecular formula is C13H19N3O3S. The van der Waals surface area contributed by atoms with Gasteiger partial charge >= 0.3 is 0 Å². The Morgan fingerprint density at radius 1 is 1.25 bits per heavy atom. The zero-order chi connectivity index (χ0) is 14.5. The summed E-state index contributed by atoms with van der Waals surface area (Å²) in [4.78, 5) is 5.54. The lowest BCUT2D eigenvalue weighted by molar-refractivity contribution is 0.0714. The monoisotopic (exact) mass is 297 g/mol. The molecule has 0 radical (unpaired) electrons. The van der Waals surface area contributed by atoms with Crippen LogP contribution in [0.5, 0.6) is 0 Å². The zero-order valence-corrected chi connectivity index (χ0v) is 12.7. The van der Waals surface area contributed by atoms with Crippen molar-refractivity contribution >= 4 is 16.3 Å². The predicted molar refractivity (Wildman–Crippen MR) is 77.9 cm³/mol. The van der Waals surface area contributed by atoms with Gasteiger partial charge in [0.15, 0.2) is 5.82 Å². The Bertz CT molecular complexity index is 565. The van der Waals surface area contributed by atoms with Crippen molar-refractivity contribution < 1.29 is 14.0 Å². The third-order valence-corrected chi connectivity index (χ3v) is 4.03. The van der Waals surface area contributed by atoms with Crippen molar-refractivity contribution in [2.45, 2.75) is 20.3 Å². The minimum Gasteiger partial charge on any atom is -0.390 e. The maximum Gasteiger partial charge on any atom is 0.261 e. The molecule has 0 saturated heterocycles. The molecule has 110 valence electrons. The van der Waals surface area contributed by atoms with Crippen molar-refractivity contribution in [1.82, 2.24) is 10.1 Å². The van der Waals surface area contributed by atoms with Crippen LogP contribution in [0.25, 0.3) is 11.5 Å². The fourth-order valence-electron chi connectivity index (χ4n) is 1.78. The van der Waals surface area contributed by atoms with Gasteiger partial charge in [0.1, 0.15) is 0 Å². The number of ether oxygens (including phenoxy) is 2. The van der Waals surface area contributed by atoms with Crippen LogP contribution in [0.3, 0.4) is 0 Å². The molecule has 0 fully saturated rings. The number of nitrogen functional groups attached to an aromatic ring is 1. The van der Waals surface area contributed by atoms with Gasteiger partial charge in [0.2, 0.25) is 0 Å². The van der Waals surface area contributed by atoms with E-state index >= 15 is 0 Å². The van der Waals surface area contributed by atoms with Crippen LogP contribution in [-0.4, -0.2) is 37.1 Å². The standard InChI is InChI=1S/C13H19N3O3S/c1-8-9(2)20-12(14)11(8)13-15-10(16-19-13)4-5-18-7-6-17-3/h4-7,14H2,1-3H3. The van der Waals surface area contributed by atoms with Crippen LogP contribution in [0.15, 0.2) is 4.52 Å². The van der Waals surface area contributed by atoms with Crippen molar-refractivity contribution in [1.29, 1.82) is 0 Å². The molecule has 0 atom stereocenters. The fraction of sp³-hybridized carbons (Fsp3) is 0.538. The summed E-state index contributed by atoms with van der Waals surface area (Å²) >= 11 is 1.54. The van der Waals surface area contributed by atoms with Gasteiger partial charge in [0, 0.05) is 18.4 Å². The summed E-state index contributed by atoms with van der Waals surface area (Å²) < 4.78 is 15.6. The molecule has 2 N–H and O–H groups in total. The van der Waals surface area contributed by atoms with Gasteiger partial charge in [-0.2, -0.15) is 4.98 Å². The third-order valence-electron chi connectivity index (χ3n) is 3.00.